The molecule has 102 valence electrons. The summed E-state index contributed by atoms with van der Waals surface area (Å²) in [6.45, 7) is 7.14. The number of hydrogen-bond acceptors (Lipinski definition) is 4. The van der Waals surface area contributed by atoms with E-state index in [9.17, 15) is 14.4 Å². The Morgan fingerprint density at radius 1 is 1.21 bits per heavy atom. The highest BCUT2D eigenvalue weighted by atomic mass is 32.1. The maximum Gasteiger partial charge on any atom is 0.233 e. The Morgan fingerprint density at radius 2 is 1.74 bits per heavy atom. The summed E-state index contributed by atoms with van der Waals surface area (Å²) < 4.78 is 0. The minimum atomic E-state index is -0.328. The number of amides is 2. The van der Waals surface area contributed by atoms with Crippen molar-refractivity contribution >= 4 is 28.9 Å². The van der Waals surface area contributed by atoms with Gasteiger partial charge < -0.3 is 0 Å². The fourth-order valence-corrected chi connectivity index (χ4v) is 3.26. The van der Waals surface area contributed by atoms with E-state index in [0.717, 1.165) is 14.7 Å². The van der Waals surface area contributed by atoms with Gasteiger partial charge in [-0.1, -0.05) is 13.8 Å². The smallest absolute Gasteiger partial charge is 0.233 e. The zero-order valence-corrected chi connectivity index (χ0v) is 12.3. The fraction of sp³-hybridized carbons (Fsp3) is 0.500. The number of thiophene rings is 1. The van der Waals surface area contributed by atoms with Gasteiger partial charge in [0.15, 0.2) is 5.78 Å². The highest BCUT2D eigenvalue weighted by molar-refractivity contribution is 7.12. The molecule has 2 unspecified atom stereocenters. The SMILES string of the molecule is Cc1cc(C(=O)CN2C(=O)C(C)C(C)C2=O)c(C)s1. The highest BCUT2D eigenvalue weighted by Crippen LogP contribution is 2.27. The number of hydrogen-bond donors (Lipinski definition) is 0. The molecular formula is C14H17NO3S. The molecule has 1 aliphatic heterocycles. The zero-order chi connectivity index (χ0) is 14.3. The fourth-order valence-electron chi connectivity index (χ4n) is 2.32. The molecule has 0 spiro atoms. The Bertz CT molecular complexity index is 541. The summed E-state index contributed by atoms with van der Waals surface area (Å²) in [4.78, 5) is 39.2. The van der Waals surface area contributed by atoms with Crippen LogP contribution < -0.4 is 0 Å². The van der Waals surface area contributed by atoms with Crippen LogP contribution in [0.5, 0.6) is 0 Å². The Kier molecular flexibility index (Phi) is 3.58. The van der Waals surface area contributed by atoms with Crippen LogP contribution in [-0.4, -0.2) is 29.0 Å². The largest absolute Gasteiger partial charge is 0.292 e. The van der Waals surface area contributed by atoms with Gasteiger partial charge in [-0.15, -0.1) is 11.3 Å². The summed E-state index contributed by atoms with van der Waals surface area (Å²) in [6.07, 6.45) is 0. The molecule has 0 aliphatic carbocycles. The van der Waals surface area contributed by atoms with Gasteiger partial charge in [0.25, 0.3) is 0 Å². The molecule has 0 saturated carbocycles. The molecule has 1 aromatic rings. The number of nitrogens with zero attached hydrogens (tertiary/aromatic N) is 1. The van der Waals surface area contributed by atoms with Crippen LogP contribution in [0.25, 0.3) is 0 Å². The summed E-state index contributed by atoms with van der Waals surface area (Å²) in [5.41, 5.74) is 0.621. The number of Topliss-reactive ketones (excluding diaryl/α,β-unsaturated/α-hetero) is 1. The molecule has 2 amide bonds. The number of rotatable bonds is 3. The normalized spacial score (nSPS) is 23.3. The van der Waals surface area contributed by atoms with Crippen molar-refractivity contribution in [3.63, 3.8) is 0 Å². The summed E-state index contributed by atoms with van der Waals surface area (Å²) in [5.74, 6) is -1.30. The van der Waals surface area contributed by atoms with Gasteiger partial charge in [-0.2, -0.15) is 0 Å². The third kappa shape index (κ3) is 2.34. The molecule has 4 nitrogen and oxygen atoms in total. The molecule has 1 aromatic heterocycles. The summed E-state index contributed by atoms with van der Waals surface area (Å²) in [6, 6.07) is 1.82. The Hall–Kier alpha value is -1.49. The van der Waals surface area contributed by atoms with Crippen molar-refractivity contribution in [2.24, 2.45) is 11.8 Å². The average Bonchev–Trinajstić information content (AvgIpc) is 2.78. The van der Waals surface area contributed by atoms with E-state index in [1.807, 2.05) is 19.9 Å². The molecule has 2 heterocycles. The van der Waals surface area contributed by atoms with Crippen molar-refractivity contribution in [3.05, 3.63) is 21.4 Å². The molecule has 1 fully saturated rings. The molecule has 1 saturated heterocycles. The molecule has 0 N–H and O–H groups in total. The highest BCUT2D eigenvalue weighted by Gasteiger charge is 2.42. The minimum absolute atomic E-state index is 0.136. The van der Waals surface area contributed by atoms with E-state index < -0.39 is 0 Å². The molecule has 2 atom stereocenters. The molecule has 0 bridgehead atoms. The quantitative estimate of drug-likeness (QED) is 0.629. The maximum atomic E-state index is 12.2. The third-order valence-electron chi connectivity index (χ3n) is 3.70. The van der Waals surface area contributed by atoms with Crippen molar-refractivity contribution in [1.82, 2.24) is 4.90 Å². The topological polar surface area (TPSA) is 54.5 Å². The first-order chi connectivity index (χ1) is 8.82. The number of ketones is 1. The average molecular weight is 279 g/mol. The second-order valence-electron chi connectivity index (χ2n) is 5.09. The van der Waals surface area contributed by atoms with Gasteiger partial charge >= 0.3 is 0 Å². The van der Waals surface area contributed by atoms with Crippen LogP contribution in [0.4, 0.5) is 0 Å². The van der Waals surface area contributed by atoms with E-state index >= 15 is 0 Å². The third-order valence-corrected chi connectivity index (χ3v) is 4.67. The van der Waals surface area contributed by atoms with Crippen molar-refractivity contribution in [2.45, 2.75) is 27.7 Å². The van der Waals surface area contributed by atoms with Gasteiger partial charge in [0.2, 0.25) is 11.8 Å². The lowest BCUT2D eigenvalue weighted by atomic mass is 10.00. The number of carbonyl (C=O) groups excluding carboxylic acids is 3. The number of imide groups is 1. The molecule has 1 aliphatic rings. The first-order valence-corrected chi connectivity index (χ1v) is 7.10. The molecule has 0 aromatic carbocycles. The van der Waals surface area contributed by atoms with Crippen molar-refractivity contribution in [3.8, 4) is 0 Å². The summed E-state index contributed by atoms with van der Waals surface area (Å²) in [5, 5.41) is 0. The van der Waals surface area contributed by atoms with E-state index in [4.69, 9.17) is 0 Å². The number of aryl methyl sites for hydroxylation is 2. The van der Waals surface area contributed by atoms with Gasteiger partial charge in [0.05, 0.1) is 6.54 Å². The molecule has 5 heteroatoms. The van der Waals surface area contributed by atoms with Crippen LogP contribution >= 0.6 is 11.3 Å². The molecule has 19 heavy (non-hydrogen) atoms. The second kappa shape index (κ2) is 4.89. The predicted molar refractivity (Wildman–Crippen MR) is 73.2 cm³/mol. The second-order valence-corrected chi connectivity index (χ2v) is 6.55. The lowest BCUT2D eigenvalue weighted by Gasteiger charge is -2.13. The van der Waals surface area contributed by atoms with E-state index in [2.05, 4.69) is 0 Å². The number of likely N-dealkylation sites (tertiary alicyclic amines) is 1. The van der Waals surface area contributed by atoms with Gasteiger partial charge in [0.1, 0.15) is 0 Å². The minimum Gasteiger partial charge on any atom is -0.292 e. The lowest BCUT2D eigenvalue weighted by Crippen LogP contribution is -2.35. The van der Waals surface area contributed by atoms with E-state index in [-0.39, 0.29) is 36.0 Å². The van der Waals surface area contributed by atoms with Crippen molar-refractivity contribution < 1.29 is 14.4 Å². The van der Waals surface area contributed by atoms with Crippen LogP contribution in [-0.2, 0) is 9.59 Å². The van der Waals surface area contributed by atoms with Crippen molar-refractivity contribution in [1.29, 1.82) is 0 Å². The molecular weight excluding hydrogens is 262 g/mol. The number of carbonyl (C=O) groups is 3. The Labute approximate surface area is 116 Å². The van der Waals surface area contributed by atoms with Gasteiger partial charge in [-0.05, 0) is 19.9 Å². The van der Waals surface area contributed by atoms with E-state index in [1.54, 1.807) is 25.2 Å². The Morgan fingerprint density at radius 3 is 2.16 bits per heavy atom. The van der Waals surface area contributed by atoms with Crippen molar-refractivity contribution in [2.75, 3.05) is 6.54 Å². The predicted octanol–water partition coefficient (Wildman–Crippen LogP) is 2.19. The van der Waals surface area contributed by atoms with E-state index in [1.165, 1.54) is 0 Å². The van der Waals surface area contributed by atoms with Crippen LogP contribution in [0.15, 0.2) is 6.07 Å². The summed E-state index contributed by atoms with van der Waals surface area (Å²) >= 11 is 1.55. The van der Waals surface area contributed by atoms with Crippen LogP contribution in [0.2, 0.25) is 0 Å². The van der Waals surface area contributed by atoms with Crippen LogP contribution in [0.1, 0.15) is 34.0 Å². The van der Waals surface area contributed by atoms with E-state index in [0.29, 0.717) is 5.56 Å². The maximum absolute atomic E-state index is 12.2. The monoisotopic (exact) mass is 279 g/mol. The zero-order valence-electron chi connectivity index (χ0n) is 11.5. The van der Waals surface area contributed by atoms with Crippen LogP contribution in [0.3, 0.4) is 0 Å². The Balaban J connectivity index is 2.18. The van der Waals surface area contributed by atoms with Gasteiger partial charge in [-0.3, -0.25) is 19.3 Å². The molecule has 0 radical (unpaired) electrons. The van der Waals surface area contributed by atoms with Gasteiger partial charge in [-0.25, -0.2) is 0 Å². The first-order valence-electron chi connectivity index (χ1n) is 6.28. The van der Waals surface area contributed by atoms with Gasteiger partial charge in [0, 0.05) is 27.2 Å². The standard InChI is InChI=1S/C14H17NO3S/c1-7-5-11(10(4)19-7)12(16)6-15-13(17)8(2)9(3)14(15)18/h5,8-9H,6H2,1-4H3. The van der Waals surface area contributed by atoms with Crippen LogP contribution in [0, 0.1) is 25.7 Å². The first kappa shape index (κ1) is 13.9. The molecule has 2 rings (SSSR count). The lowest BCUT2D eigenvalue weighted by molar-refractivity contribution is -0.139. The summed E-state index contributed by atoms with van der Waals surface area (Å²) in [7, 11) is 0.